The van der Waals surface area contributed by atoms with E-state index in [1.165, 1.54) is 0 Å². The number of piperazine rings is 1. The SMILES string of the molecule is CN1CCN(C(=O)c2ccc3c(c2)Cc2c(C(N)=O)cc(-c4ccccc4)cc2-3)CC1. The molecule has 0 saturated carbocycles. The lowest BCUT2D eigenvalue weighted by Gasteiger charge is -2.32. The van der Waals surface area contributed by atoms with Gasteiger partial charge < -0.3 is 15.5 Å². The summed E-state index contributed by atoms with van der Waals surface area (Å²) in [5.41, 5.74) is 13.2. The van der Waals surface area contributed by atoms with Crippen LogP contribution in [-0.4, -0.2) is 54.8 Å². The van der Waals surface area contributed by atoms with Gasteiger partial charge in [-0.1, -0.05) is 36.4 Å². The van der Waals surface area contributed by atoms with Crippen molar-refractivity contribution in [2.45, 2.75) is 6.42 Å². The average molecular weight is 412 g/mol. The van der Waals surface area contributed by atoms with Gasteiger partial charge in [0.15, 0.2) is 0 Å². The summed E-state index contributed by atoms with van der Waals surface area (Å²) < 4.78 is 0. The van der Waals surface area contributed by atoms with Crippen molar-refractivity contribution in [2.24, 2.45) is 5.73 Å². The molecule has 3 aromatic carbocycles. The Morgan fingerprint density at radius 1 is 0.839 bits per heavy atom. The van der Waals surface area contributed by atoms with Crippen molar-refractivity contribution in [2.75, 3.05) is 33.2 Å². The van der Waals surface area contributed by atoms with E-state index in [1.807, 2.05) is 59.5 Å². The summed E-state index contributed by atoms with van der Waals surface area (Å²) in [7, 11) is 2.08. The van der Waals surface area contributed by atoms with Crippen molar-refractivity contribution in [3.05, 3.63) is 82.9 Å². The summed E-state index contributed by atoms with van der Waals surface area (Å²) in [5.74, 6) is -0.345. The van der Waals surface area contributed by atoms with Crippen LogP contribution in [0.2, 0.25) is 0 Å². The number of nitrogens with zero attached hydrogens (tertiary/aromatic N) is 2. The third-order valence-electron chi connectivity index (χ3n) is 6.42. The monoisotopic (exact) mass is 411 g/mol. The molecule has 5 rings (SSSR count). The molecule has 2 aliphatic rings. The number of carbonyl (C=O) groups excluding carboxylic acids is 2. The van der Waals surface area contributed by atoms with Crippen molar-refractivity contribution in [3.63, 3.8) is 0 Å². The van der Waals surface area contributed by atoms with E-state index in [-0.39, 0.29) is 5.91 Å². The molecule has 0 spiro atoms. The molecule has 1 saturated heterocycles. The Balaban J connectivity index is 1.53. The minimum atomic E-state index is -0.421. The van der Waals surface area contributed by atoms with E-state index < -0.39 is 5.91 Å². The molecule has 0 bridgehead atoms. The molecular formula is C26H25N3O2. The molecular weight excluding hydrogens is 386 g/mol. The summed E-state index contributed by atoms with van der Waals surface area (Å²) in [6.07, 6.45) is 0.613. The second-order valence-corrected chi connectivity index (χ2v) is 8.42. The summed E-state index contributed by atoms with van der Waals surface area (Å²) in [6, 6.07) is 19.9. The first-order valence-corrected chi connectivity index (χ1v) is 10.6. The van der Waals surface area contributed by atoms with Crippen molar-refractivity contribution in [1.29, 1.82) is 0 Å². The zero-order valence-electron chi connectivity index (χ0n) is 17.6. The molecule has 5 heteroatoms. The van der Waals surface area contributed by atoms with E-state index >= 15 is 0 Å². The lowest BCUT2D eigenvalue weighted by molar-refractivity contribution is 0.0664. The van der Waals surface area contributed by atoms with Crippen molar-refractivity contribution in [1.82, 2.24) is 9.80 Å². The van der Waals surface area contributed by atoms with Gasteiger partial charge in [0, 0.05) is 37.3 Å². The van der Waals surface area contributed by atoms with Gasteiger partial charge in [-0.3, -0.25) is 9.59 Å². The van der Waals surface area contributed by atoms with E-state index in [0.29, 0.717) is 17.5 Å². The number of hydrogen-bond acceptors (Lipinski definition) is 3. The fourth-order valence-corrected chi connectivity index (χ4v) is 4.64. The number of rotatable bonds is 3. The zero-order chi connectivity index (χ0) is 21.5. The quantitative estimate of drug-likeness (QED) is 0.562. The van der Waals surface area contributed by atoms with Crippen molar-refractivity contribution in [3.8, 4) is 22.3 Å². The highest BCUT2D eigenvalue weighted by Crippen LogP contribution is 2.41. The fraction of sp³-hybridized carbons (Fsp3) is 0.231. The van der Waals surface area contributed by atoms with Crippen molar-refractivity contribution < 1.29 is 9.59 Å². The topological polar surface area (TPSA) is 66.6 Å². The first kappa shape index (κ1) is 19.5. The number of carbonyl (C=O) groups is 2. The van der Waals surface area contributed by atoms with E-state index in [0.717, 1.165) is 59.6 Å². The van der Waals surface area contributed by atoms with Crippen LogP contribution in [0.3, 0.4) is 0 Å². The highest BCUT2D eigenvalue weighted by molar-refractivity contribution is 6.01. The van der Waals surface area contributed by atoms with Crippen LogP contribution in [0.4, 0.5) is 0 Å². The average Bonchev–Trinajstić information content (AvgIpc) is 3.16. The van der Waals surface area contributed by atoms with Gasteiger partial charge in [0.05, 0.1) is 0 Å². The standard InChI is InChI=1S/C26H25N3O2/c1-28-9-11-29(12-10-28)26(31)18-7-8-21-20(13-18)16-23-22(21)14-19(15-24(23)25(27)30)17-5-3-2-4-6-17/h2-8,13-15H,9-12,16H2,1H3,(H2,27,30). The molecule has 2 amide bonds. The number of benzene rings is 3. The maximum absolute atomic E-state index is 13.0. The predicted octanol–water partition coefficient (Wildman–Crippen LogP) is 3.41. The van der Waals surface area contributed by atoms with Gasteiger partial charge in [0.25, 0.3) is 5.91 Å². The third-order valence-corrected chi connectivity index (χ3v) is 6.42. The summed E-state index contributed by atoms with van der Waals surface area (Å²) in [5, 5.41) is 0. The normalized spacial score (nSPS) is 15.5. The number of hydrogen-bond donors (Lipinski definition) is 1. The Labute approximate surface area is 182 Å². The Morgan fingerprint density at radius 2 is 1.58 bits per heavy atom. The Hall–Kier alpha value is -3.44. The van der Waals surface area contributed by atoms with E-state index in [2.05, 4.69) is 18.0 Å². The van der Waals surface area contributed by atoms with Crippen LogP contribution >= 0.6 is 0 Å². The first-order valence-electron chi connectivity index (χ1n) is 10.6. The van der Waals surface area contributed by atoms with Crippen LogP contribution in [0.1, 0.15) is 31.8 Å². The molecule has 5 nitrogen and oxygen atoms in total. The second kappa shape index (κ2) is 7.67. The van der Waals surface area contributed by atoms with E-state index in [4.69, 9.17) is 5.73 Å². The molecule has 2 N–H and O–H groups in total. The smallest absolute Gasteiger partial charge is 0.253 e. The van der Waals surface area contributed by atoms with Gasteiger partial charge >= 0.3 is 0 Å². The summed E-state index contributed by atoms with van der Waals surface area (Å²) in [4.78, 5) is 29.4. The van der Waals surface area contributed by atoms with Crippen LogP contribution in [-0.2, 0) is 6.42 Å². The Bertz CT molecular complexity index is 1180. The fourth-order valence-electron chi connectivity index (χ4n) is 4.64. The van der Waals surface area contributed by atoms with Crippen molar-refractivity contribution >= 4 is 11.8 Å². The number of fused-ring (bicyclic) bond motifs is 3. The Morgan fingerprint density at radius 3 is 2.29 bits per heavy atom. The predicted molar refractivity (Wildman–Crippen MR) is 122 cm³/mol. The van der Waals surface area contributed by atoms with E-state index in [1.54, 1.807) is 0 Å². The third kappa shape index (κ3) is 3.51. The molecule has 1 fully saturated rings. The molecule has 1 aliphatic heterocycles. The molecule has 0 radical (unpaired) electrons. The number of likely N-dealkylation sites (N-methyl/N-ethyl adjacent to an activating group) is 1. The molecule has 1 aliphatic carbocycles. The summed E-state index contributed by atoms with van der Waals surface area (Å²) in [6.45, 7) is 3.29. The maximum atomic E-state index is 13.0. The largest absolute Gasteiger partial charge is 0.366 e. The highest BCUT2D eigenvalue weighted by atomic mass is 16.2. The highest BCUT2D eigenvalue weighted by Gasteiger charge is 2.27. The van der Waals surface area contributed by atoms with Crippen LogP contribution in [0.15, 0.2) is 60.7 Å². The van der Waals surface area contributed by atoms with Gasteiger partial charge in [-0.2, -0.15) is 0 Å². The summed E-state index contributed by atoms with van der Waals surface area (Å²) >= 11 is 0. The molecule has 156 valence electrons. The molecule has 0 unspecified atom stereocenters. The van der Waals surface area contributed by atoms with Crippen LogP contribution < -0.4 is 5.73 Å². The second-order valence-electron chi connectivity index (χ2n) is 8.42. The van der Waals surface area contributed by atoms with E-state index in [9.17, 15) is 9.59 Å². The van der Waals surface area contributed by atoms with Gasteiger partial charge in [0.1, 0.15) is 0 Å². The number of primary amides is 1. The molecule has 0 atom stereocenters. The number of amides is 2. The lowest BCUT2D eigenvalue weighted by atomic mass is 9.94. The first-order chi connectivity index (χ1) is 15.0. The van der Waals surface area contributed by atoms with Crippen LogP contribution in [0, 0.1) is 0 Å². The van der Waals surface area contributed by atoms with Gasteiger partial charge in [-0.15, -0.1) is 0 Å². The minimum Gasteiger partial charge on any atom is -0.366 e. The zero-order valence-corrected chi connectivity index (χ0v) is 17.6. The van der Waals surface area contributed by atoms with Crippen LogP contribution in [0.25, 0.3) is 22.3 Å². The maximum Gasteiger partial charge on any atom is 0.253 e. The van der Waals surface area contributed by atoms with Gasteiger partial charge in [-0.25, -0.2) is 0 Å². The minimum absolute atomic E-state index is 0.0759. The lowest BCUT2D eigenvalue weighted by Crippen LogP contribution is -2.47. The molecule has 31 heavy (non-hydrogen) atoms. The molecule has 0 aromatic heterocycles. The molecule has 3 aromatic rings. The van der Waals surface area contributed by atoms with Crippen LogP contribution in [0.5, 0.6) is 0 Å². The number of nitrogens with two attached hydrogens (primary N) is 1. The van der Waals surface area contributed by atoms with Gasteiger partial charge in [0.2, 0.25) is 5.91 Å². The van der Waals surface area contributed by atoms with Gasteiger partial charge in [-0.05, 0) is 71.1 Å². The Kier molecular flexibility index (Phi) is 4.83. The molecule has 1 heterocycles.